The van der Waals surface area contributed by atoms with E-state index in [0.717, 1.165) is 5.75 Å². The molecule has 3 heteroatoms. The molecule has 0 atom stereocenters. The Labute approximate surface area is 61.0 Å². The maximum Gasteiger partial charge on any atom is 0.0240 e. The zero-order chi connectivity index (χ0) is 5.82. The van der Waals surface area contributed by atoms with Crippen molar-refractivity contribution in [1.29, 1.82) is 0 Å². The average Bonchev–Trinajstić information content (AvgIpc) is 1.90. The highest BCUT2D eigenvalue weighted by Crippen LogP contribution is 2.43. The van der Waals surface area contributed by atoms with Crippen LogP contribution >= 0.6 is 31.4 Å². The summed E-state index contributed by atoms with van der Waals surface area (Å²) in [5, 5.41) is 0. The molecule has 1 aliphatic heterocycles. The lowest BCUT2D eigenvalue weighted by atomic mass is 10.5. The van der Waals surface area contributed by atoms with Gasteiger partial charge < -0.3 is 0 Å². The van der Waals surface area contributed by atoms with Gasteiger partial charge in [-0.25, -0.2) is 0 Å². The van der Waals surface area contributed by atoms with Gasteiger partial charge in [0.25, 0.3) is 0 Å². The normalized spacial score (nSPS) is 19.8. The summed E-state index contributed by atoms with van der Waals surface area (Å²) < 4.78 is 0. The third-order valence-corrected chi connectivity index (χ3v) is 4.68. The number of hydrogen-bond donors (Lipinski definition) is 0. The summed E-state index contributed by atoms with van der Waals surface area (Å²) in [6.45, 7) is 3.67. The van der Waals surface area contributed by atoms with E-state index >= 15 is 0 Å². The van der Waals surface area contributed by atoms with Crippen molar-refractivity contribution in [2.75, 3.05) is 5.75 Å². The summed E-state index contributed by atoms with van der Waals surface area (Å²) in [6, 6.07) is 0. The Bertz CT molecular complexity index is 117. The number of rotatable bonds is 1. The third-order valence-electron chi connectivity index (χ3n) is 0.732. The van der Waals surface area contributed by atoms with Crippen molar-refractivity contribution in [3.63, 3.8) is 0 Å². The van der Waals surface area contributed by atoms with Crippen LogP contribution in [0.5, 0.6) is 0 Å². The van der Waals surface area contributed by atoms with E-state index in [9.17, 15) is 0 Å². The molecule has 0 radical (unpaired) electrons. The fourth-order valence-electron chi connectivity index (χ4n) is 0.359. The molecule has 1 rings (SSSR count). The molecule has 8 heavy (non-hydrogen) atoms. The molecule has 0 aromatic carbocycles. The second-order valence-electron chi connectivity index (χ2n) is 1.25. The van der Waals surface area contributed by atoms with E-state index in [1.54, 1.807) is 10.8 Å². The van der Waals surface area contributed by atoms with Gasteiger partial charge in [-0.15, -0.1) is 0 Å². The van der Waals surface area contributed by atoms with Gasteiger partial charge in [0, 0.05) is 10.7 Å². The van der Waals surface area contributed by atoms with E-state index in [-0.39, 0.29) is 0 Å². The van der Waals surface area contributed by atoms with Crippen LogP contribution in [0.4, 0.5) is 0 Å². The van der Waals surface area contributed by atoms with Gasteiger partial charge in [0.15, 0.2) is 0 Å². The fraction of sp³-hybridized carbons (Fsp3) is 0.200. The van der Waals surface area contributed by atoms with Crippen molar-refractivity contribution in [3.05, 3.63) is 23.6 Å². The molecule has 0 spiro atoms. The quantitative estimate of drug-likeness (QED) is 0.544. The van der Waals surface area contributed by atoms with Crippen LogP contribution in [0.25, 0.3) is 0 Å². The number of allylic oxidation sites excluding steroid dienone is 1. The van der Waals surface area contributed by atoms with Gasteiger partial charge in [0.2, 0.25) is 0 Å². The van der Waals surface area contributed by atoms with Crippen molar-refractivity contribution in [3.8, 4) is 0 Å². The van der Waals surface area contributed by atoms with Gasteiger partial charge in [0.1, 0.15) is 0 Å². The highest BCUT2D eigenvalue weighted by Gasteiger charge is 1.99. The lowest BCUT2D eigenvalue weighted by Crippen LogP contribution is -1.74. The molecule has 1 aliphatic rings. The highest BCUT2D eigenvalue weighted by molar-refractivity contribution is 9.10. The standard InChI is InChI=1S/C5H6S3/c1-2-5-3-4-6-8-7-5/h2-3H,1,4H2. The molecule has 0 saturated carbocycles. The van der Waals surface area contributed by atoms with Gasteiger partial charge in [-0.3, -0.25) is 0 Å². The molecule has 0 amide bonds. The summed E-state index contributed by atoms with van der Waals surface area (Å²) in [5.74, 6) is 1.12. The van der Waals surface area contributed by atoms with E-state index < -0.39 is 0 Å². The van der Waals surface area contributed by atoms with Crippen LogP contribution in [0.15, 0.2) is 23.6 Å². The molecular formula is C5H6S3. The largest absolute Gasteiger partial charge is 0.0979 e. The Morgan fingerprint density at radius 2 is 2.62 bits per heavy atom. The molecule has 44 valence electrons. The number of hydrogen-bond acceptors (Lipinski definition) is 3. The van der Waals surface area contributed by atoms with Crippen molar-refractivity contribution in [2.45, 2.75) is 0 Å². The lowest BCUT2D eigenvalue weighted by molar-refractivity contribution is 1.75. The highest BCUT2D eigenvalue weighted by atomic mass is 33.5. The first-order valence-electron chi connectivity index (χ1n) is 2.22. The Kier molecular flexibility index (Phi) is 2.94. The van der Waals surface area contributed by atoms with E-state index in [2.05, 4.69) is 12.7 Å². The predicted molar refractivity (Wildman–Crippen MR) is 45.9 cm³/mol. The molecule has 0 unspecified atom stereocenters. The topological polar surface area (TPSA) is 0 Å². The minimum Gasteiger partial charge on any atom is -0.0979 e. The maximum absolute atomic E-state index is 3.67. The van der Waals surface area contributed by atoms with Crippen molar-refractivity contribution in [1.82, 2.24) is 0 Å². The molecule has 0 saturated heterocycles. The first-order chi connectivity index (χ1) is 3.93. The molecule has 0 aliphatic carbocycles. The summed E-state index contributed by atoms with van der Waals surface area (Å²) >= 11 is 0. The maximum atomic E-state index is 3.67. The lowest BCUT2D eigenvalue weighted by Gasteiger charge is -2.04. The molecule has 0 aromatic rings. The molecule has 0 N–H and O–H groups in total. The van der Waals surface area contributed by atoms with Crippen LogP contribution in [0.1, 0.15) is 0 Å². The Hall–Kier alpha value is 0.530. The summed E-state index contributed by atoms with van der Waals surface area (Å²) in [6.07, 6.45) is 4.09. The van der Waals surface area contributed by atoms with E-state index in [4.69, 9.17) is 0 Å². The second kappa shape index (κ2) is 3.54. The van der Waals surface area contributed by atoms with Crippen LogP contribution in [0, 0.1) is 0 Å². The summed E-state index contributed by atoms with van der Waals surface area (Å²) in [5.41, 5.74) is 0. The Morgan fingerprint density at radius 3 is 3.00 bits per heavy atom. The monoisotopic (exact) mass is 162 g/mol. The zero-order valence-corrected chi connectivity index (χ0v) is 6.74. The Balaban J connectivity index is 2.49. The van der Waals surface area contributed by atoms with Gasteiger partial charge in [-0.2, -0.15) is 0 Å². The first-order valence-corrected chi connectivity index (χ1v) is 5.87. The average molecular weight is 162 g/mol. The second-order valence-corrected chi connectivity index (χ2v) is 5.43. The summed E-state index contributed by atoms with van der Waals surface area (Å²) in [4.78, 5) is 1.30. The fourth-order valence-corrected chi connectivity index (χ4v) is 3.91. The zero-order valence-electron chi connectivity index (χ0n) is 4.29. The van der Waals surface area contributed by atoms with E-state index in [1.165, 1.54) is 4.91 Å². The van der Waals surface area contributed by atoms with E-state index in [0.29, 0.717) is 0 Å². The molecule has 0 nitrogen and oxygen atoms in total. The molecule has 0 aromatic heterocycles. The smallest absolute Gasteiger partial charge is 0.0240 e. The SMILES string of the molecule is C=CC1=CCSSS1. The summed E-state index contributed by atoms with van der Waals surface area (Å²) in [7, 11) is 5.48. The van der Waals surface area contributed by atoms with Gasteiger partial charge in [-0.1, -0.05) is 29.5 Å². The minimum atomic E-state index is 1.12. The predicted octanol–water partition coefficient (Wildman–Crippen LogP) is 3.10. The van der Waals surface area contributed by atoms with Gasteiger partial charge in [0.05, 0.1) is 0 Å². The van der Waals surface area contributed by atoms with Crippen LogP contribution in [-0.2, 0) is 0 Å². The van der Waals surface area contributed by atoms with Crippen molar-refractivity contribution < 1.29 is 0 Å². The van der Waals surface area contributed by atoms with Crippen LogP contribution < -0.4 is 0 Å². The Morgan fingerprint density at radius 1 is 1.75 bits per heavy atom. The van der Waals surface area contributed by atoms with Crippen molar-refractivity contribution >= 4 is 31.4 Å². The van der Waals surface area contributed by atoms with Crippen LogP contribution in [0.3, 0.4) is 0 Å². The van der Waals surface area contributed by atoms with Crippen LogP contribution in [0.2, 0.25) is 0 Å². The van der Waals surface area contributed by atoms with Gasteiger partial charge in [-0.05, 0) is 20.6 Å². The first kappa shape index (κ1) is 6.65. The van der Waals surface area contributed by atoms with E-state index in [1.807, 2.05) is 26.7 Å². The van der Waals surface area contributed by atoms with Gasteiger partial charge >= 0.3 is 0 Å². The molecule has 0 bridgehead atoms. The molecule has 0 fully saturated rings. The van der Waals surface area contributed by atoms with Crippen LogP contribution in [-0.4, -0.2) is 5.75 Å². The minimum absolute atomic E-state index is 1.12. The third kappa shape index (κ3) is 1.80. The van der Waals surface area contributed by atoms with Crippen molar-refractivity contribution in [2.24, 2.45) is 0 Å². The molecule has 1 heterocycles. The molecular weight excluding hydrogens is 156 g/mol.